The highest BCUT2D eigenvalue weighted by Gasteiger charge is 2.27. The van der Waals surface area contributed by atoms with Gasteiger partial charge in [0, 0.05) is 11.3 Å². The molecule has 1 fully saturated rings. The second kappa shape index (κ2) is 11.1. The van der Waals surface area contributed by atoms with Crippen molar-refractivity contribution in [1.82, 2.24) is 5.32 Å². The van der Waals surface area contributed by atoms with Gasteiger partial charge < -0.3 is 20.1 Å². The van der Waals surface area contributed by atoms with Gasteiger partial charge in [-0.1, -0.05) is 55.1 Å². The Morgan fingerprint density at radius 3 is 2.56 bits per heavy atom. The van der Waals surface area contributed by atoms with Crippen molar-refractivity contribution in [1.29, 1.82) is 0 Å². The van der Waals surface area contributed by atoms with Crippen LogP contribution in [0.5, 0.6) is 11.5 Å². The molecule has 1 aliphatic heterocycles. The molecular formula is C27H27FN2O3S. The number of ether oxygens (including phenoxy) is 2. The first-order chi connectivity index (χ1) is 16.6. The van der Waals surface area contributed by atoms with E-state index >= 15 is 0 Å². The second-order valence-corrected chi connectivity index (χ2v) is 8.84. The molecule has 34 heavy (non-hydrogen) atoms. The smallest absolute Gasteiger partial charge is 0.260 e. The summed E-state index contributed by atoms with van der Waals surface area (Å²) in [7, 11) is 0. The maximum Gasteiger partial charge on any atom is 0.260 e. The van der Waals surface area contributed by atoms with Crippen molar-refractivity contribution in [3.8, 4) is 11.5 Å². The van der Waals surface area contributed by atoms with E-state index in [1.807, 2.05) is 37.3 Å². The van der Waals surface area contributed by atoms with Crippen molar-refractivity contribution in [2.45, 2.75) is 32.4 Å². The molecule has 1 aliphatic rings. The van der Waals surface area contributed by atoms with Gasteiger partial charge in [0.25, 0.3) is 5.91 Å². The molecule has 5 nitrogen and oxygen atoms in total. The largest absolute Gasteiger partial charge is 0.490 e. The average Bonchev–Trinajstić information content (AvgIpc) is 3.18. The van der Waals surface area contributed by atoms with Crippen molar-refractivity contribution in [3.05, 3.63) is 94.1 Å². The van der Waals surface area contributed by atoms with Crippen LogP contribution in [0.4, 0.5) is 10.1 Å². The molecule has 1 amide bonds. The van der Waals surface area contributed by atoms with E-state index in [1.165, 1.54) is 23.4 Å². The number of amides is 1. The van der Waals surface area contributed by atoms with Crippen LogP contribution in [-0.2, 0) is 17.8 Å². The van der Waals surface area contributed by atoms with E-state index in [0.29, 0.717) is 28.6 Å². The van der Waals surface area contributed by atoms with Crippen LogP contribution in [0.3, 0.4) is 0 Å². The van der Waals surface area contributed by atoms with E-state index in [-0.39, 0.29) is 23.8 Å². The highest BCUT2D eigenvalue weighted by Crippen LogP contribution is 2.34. The number of aryl methyl sites for hydroxylation is 1. The fourth-order valence-corrected chi connectivity index (χ4v) is 4.46. The Bertz CT molecular complexity index is 1180. The van der Waals surface area contributed by atoms with E-state index in [4.69, 9.17) is 9.47 Å². The van der Waals surface area contributed by atoms with E-state index in [1.54, 1.807) is 24.3 Å². The minimum atomic E-state index is -0.310. The summed E-state index contributed by atoms with van der Waals surface area (Å²) < 4.78 is 25.5. The van der Waals surface area contributed by atoms with Gasteiger partial charge in [0.1, 0.15) is 12.4 Å². The number of benzene rings is 3. The highest BCUT2D eigenvalue weighted by atomic mass is 32.2. The normalized spacial score (nSPS) is 16.4. The zero-order chi connectivity index (χ0) is 23.9. The third kappa shape index (κ3) is 5.91. The van der Waals surface area contributed by atoms with Gasteiger partial charge in [-0.3, -0.25) is 4.79 Å². The lowest BCUT2D eigenvalue weighted by molar-refractivity contribution is -0.116. The predicted molar refractivity (Wildman–Crippen MR) is 135 cm³/mol. The van der Waals surface area contributed by atoms with Crippen LogP contribution < -0.4 is 20.1 Å². The molecule has 0 bridgehead atoms. The fourth-order valence-electron chi connectivity index (χ4n) is 3.48. The Kier molecular flexibility index (Phi) is 7.75. The Morgan fingerprint density at radius 1 is 1.03 bits per heavy atom. The standard InChI is InChI=1S/C27H27FN2O3S/c1-3-18-9-12-21(13-10-18)29-27-30-26(31)25(34-27)16-19-11-14-23(24(15-19)32-4-2)33-17-20-7-5-6-8-22(20)28/h5-16,27,29H,3-4,17H2,1-2H3,(H,30,31)/b25-16-. The molecule has 2 N–H and O–H groups in total. The monoisotopic (exact) mass is 478 g/mol. The molecule has 7 heteroatoms. The zero-order valence-electron chi connectivity index (χ0n) is 19.1. The van der Waals surface area contributed by atoms with Gasteiger partial charge in [-0.05, 0) is 60.9 Å². The van der Waals surface area contributed by atoms with E-state index in [9.17, 15) is 9.18 Å². The molecule has 4 rings (SSSR count). The van der Waals surface area contributed by atoms with Gasteiger partial charge in [0.2, 0.25) is 0 Å². The van der Waals surface area contributed by atoms with Gasteiger partial charge in [-0.15, -0.1) is 0 Å². The summed E-state index contributed by atoms with van der Waals surface area (Å²) in [4.78, 5) is 13.1. The van der Waals surface area contributed by atoms with Gasteiger partial charge in [0.15, 0.2) is 17.0 Å². The molecule has 3 aromatic carbocycles. The Labute approximate surface area is 203 Å². The Balaban J connectivity index is 1.45. The van der Waals surface area contributed by atoms with Crippen molar-refractivity contribution in [2.24, 2.45) is 0 Å². The molecule has 0 saturated carbocycles. The topological polar surface area (TPSA) is 59.6 Å². The summed E-state index contributed by atoms with van der Waals surface area (Å²) in [6.07, 6.45) is 2.81. The van der Waals surface area contributed by atoms with Crippen LogP contribution in [0.1, 0.15) is 30.5 Å². The van der Waals surface area contributed by atoms with Crippen LogP contribution in [0, 0.1) is 5.82 Å². The first kappa shape index (κ1) is 23.7. The van der Waals surface area contributed by atoms with Gasteiger partial charge in [-0.25, -0.2) is 4.39 Å². The molecule has 3 aromatic rings. The summed E-state index contributed by atoms with van der Waals surface area (Å²) in [5, 5.41) is 6.28. The van der Waals surface area contributed by atoms with Crippen molar-refractivity contribution < 1.29 is 18.7 Å². The Morgan fingerprint density at radius 2 is 1.82 bits per heavy atom. The van der Waals surface area contributed by atoms with E-state index < -0.39 is 0 Å². The quantitative estimate of drug-likeness (QED) is 0.371. The lowest BCUT2D eigenvalue weighted by atomic mass is 10.1. The number of nitrogens with one attached hydrogen (secondary N) is 2. The van der Waals surface area contributed by atoms with Crippen molar-refractivity contribution in [2.75, 3.05) is 11.9 Å². The van der Waals surface area contributed by atoms with Crippen molar-refractivity contribution in [3.63, 3.8) is 0 Å². The first-order valence-electron chi connectivity index (χ1n) is 11.2. The van der Waals surface area contributed by atoms with Gasteiger partial charge in [0.05, 0.1) is 11.5 Å². The maximum atomic E-state index is 13.9. The van der Waals surface area contributed by atoms with Crippen LogP contribution in [0.2, 0.25) is 0 Å². The van der Waals surface area contributed by atoms with Crippen LogP contribution in [-0.4, -0.2) is 18.0 Å². The number of hydrogen-bond acceptors (Lipinski definition) is 5. The minimum Gasteiger partial charge on any atom is -0.490 e. The summed E-state index contributed by atoms with van der Waals surface area (Å²) >= 11 is 1.43. The number of carbonyl (C=O) groups excluding carboxylic acids is 1. The number of halogens is 1. The number of rotatable bonds is 9. The second-order valence-electron chi connectivity index (χ2n) is 7.69. The maximum absolute atomic E-state index is 13.9. The summed E-state index contributed by atoms with van der Waals surface area (Å²) in [5.74, 6) is 0.620. The van der Waals surface area contributed by atoms with E-state index in [0.717, 1.165) is 17.7 Å². The molecular weight excluding hydrogens is 451 g/mol. The number of thioether (sulfide) groups is 1. The van der Waals surface area contributed by atoms with E-state index in [2.05, 4.69) is 29.7 Å². The zero-order valence-corrected chi connectivity index (χ0v) is 20.0. The lowest BCUT2D eigenvalue weighted by Gasteiger charge is -2.13. The average molecular weight is 479 g/mol. The predicted octanol–water partition coefficient (Wildman–Crippen LogP) is 5.97. The highest BCUT2D eigenvalue weighted by molar-refractivity contribution is 8.05. The molecule has 0 spiro atoms. The molecule has 176 valence electrons. The molecule has 1 heterocycles. The first-order valence-corrected chi connectivity index (χ1v) is 12.1. The third-order valence-electron chi connectivity index (χ3n) is 5.30. The van der Waals surface area contributed by atoms with Crippen LogP contribution in [0.25, 0.3) is 6.08 Å². The summed E-state index contributed by atoms with van der Waals surface area (Å²) in [6, 6.07) is 20.1. The number of carbonyl (C=O) groups is 1. The van der Waals surface area contributed by atoms with Crippen molar-refractivity contribution >= 4 is 29.4 Å². The van der Waals surface area contributed by atoms with Crippen LogP contribution in [0.15, 0.2) is 71.6 Å². The molecule has 1 atom stereocenters. The molecule has 0 aromatic heterocycles. The molecule has 0 aliphatic carbocycles. The Hall–Kier alpha value is -3.45. The summed E-state index contributed by atoms with van der Waals surface area (Å²) in [5.41, 5.74) is 3.25. The number of hydrogen-bond donors (Lipinski definition) is 2. The SMILES string of the molecule is CCOc1cc(/C=C2\SC(Nc3ccc(CC)cc3)NC2=O)ccc1OCc1ccccc1F. The third-order valence-corrected chi connectivity index (χ3v) is 6.33. The fraction of sp³-hybridized carbons (Fsp3) is 0.222. The summed E-state index contributed by atoms with van der Waals surface area (Å²) in [6.45, 7) is 4.55. The molecule has 0 radical (unpaired) electrons. The minimum absolute atomic E-state index is 0.0953. The molecule has 1 unspecified atom stereocenters. The number of anilines is 1. The van der Waals surface area contributed by atoms with Crippen LogP contribution >= 0.6 is 11.8 Å². The van der Waals surface area contributed by atoms with Gasteiger partial charge in [-0.2, -0.15) is 0 Å². The molecule has 1 saturated heterocycles. The lowest BCUT2D eigenvalue weighted by Crippen LogP contribution is -2.30. The van der Waals surface area contributed by atoms with Gasteiger partial charge >= 0.3 is 0 Å².